The van der Waals surface area contributed by atoms with Crippen LogP contribution in [0.4, 0.5) is 15.3 Å². The number of anilines is 2. The highest BCUT2D eigenvalue weighted by molar-refractivity contribution is 7.14. The van der Waals surface area contributed by atoms with E-state index in [4.69, 9.17) is 0 Å². The van der Waals surface area contributed by atoms with Gasteiger partial charge in [-0.2, -0.15) is 4.39 Å². The molecule has 1 aliphatic carbocycles. The Kier molecular flexibility index (Phi) is 8.15. The molecule has 1 N–H and O–H groups in total. The number of carbonyl (C=O) groups excluding carboxylic acids is 2. The molecule has 0 unspecified atom stereocenters. The van der Waals surface area contributed by atoms with Crippen LogP contribution in [0.25, 0.3) is 22.4 Å². The minimum Gasteiger partial charge on any atom is -0.481 e. The minimum atomic E-state index is -1.01. The first kappa shape index (κ1) is 28.2. The van der Waals surface area contributed by atoms with Crippen molar-refractivity contribution in [1.82, 2.24) is 9.97 Å². The predicted octanol–water partition coefficient (Wildman–Crippen LogP) is 6.33. The molecule has 2 atom stereocenters. The Morgan fingerprint density at radius 3 is 2.50 bits per heavy atom. The number of allylic oxidation sites excluding steroid dienone is 1. The summed E-state index contributed by atoms with van der Waals surface area (Å²) in [5.41, 5.74) is 2.17. The summed E-state index contributed by atoms with van der Waals surface area (Å²) in [7, 11) is 0. The van der Waals surface area contributed by atoms with E-state index in [0.29, 0.717) is 36.7 Å². The Bertz CT molecular complexity index is 1510. The maximum Gasteiger partial charge on any atom is 0.304 e. The predicted molar refractivity (Wildman–Crippen MR) is 160 cm³/mol. The zero-order valence-corrected chi connectivity index (χ0v) is 24.1. The van der Waals surface area contributed by atoms with Crippen molar-refractivity contribution in [2.45, 2.75) is 51.4 Å². The summed E-state index contributed by atoms with van der Waals surface area (Å²) in [5.74, 6) is -1.10. The molecule has 2 aromatic heterocycles. The molecule has 0 radical (unpaired) electrons. The first-order chi connectivity index (χ1) is 20.4. The Labute approximate surface area is 247 Å². The summed E-state index contributed by atoms with van der Waals surface area (Å²) in [4.78, 5) is 50.2. The van der Waals surface area contributed by atoms with E-state index in [0.717, 1.165) is 54.6 Å². The number of carboxylic acid groups (broad SMARTS) is 1. The van der Waals surface area contributed by atoms with E-state index in [-0.39, 0.29) is 41.5 Å². The summed E-state index contributed by atoms with van der Waals surface area (Å²) >= 11 is 0.800. The third-order valence-corrected chi connectivity index (χ3v) is 9.63. The molecule has 4 heterocycles. The third-order valence-electron chi connectivity index (χ3n) is 8.76. The molecule has 3 aliphatic rings. The fraction of sp³-hybridized carbons (Fsp3) is 0.406. The van der Waals surface area contributed by atoms with Crippen LogP contribution >= 0.6 is 11.3 Å². The quantitative estimate of drug-likeness (QED) is 0.324. The van der Waals surface area contributed by atoms with Crippen LogP contribution in [0.5, 0.6) is 0 Å². The van der Waals surface area contributed by atoms with Crippen molar-refractivity contribution in [3.63, 3.8) is 0 Å². The first-order valence-electron chi connectivity index (χ1n) is 14.6. The number of hydrogen-bond acceptors (Lipinski definition) is 6. The van der Waals surface area contributed by atoms with Crippen LogP contribution in [0.1, 0.15) is 51.4 Å². The number of halogens is 1. The lowest BCUT2D eigenvalue weighted by atomic mass is 9.75. The van der Waals surface area contributed by atoms with E-state index in [1.807, 2.05) is 30.4 Å². The molecular weight excluding hydrogens is 555 g/mol. The summed E-state index contributed by atoms with van der Waals surface area (Å²) < 4.78 is 15.6. The Morgan fingerprint density at radius 1 is 1.02 bits per heavy atom. The van der Waals surface area contributed by atoms with Crippen LogP contribution in [0.15, 0.2) is 54.7 Å². The second-order valence-corrected chi connectivity index (χ2v) is 12.2. The Balaban J connectivity index is 1.32. The molecule has 42 heavy (non-hydrogen) atoms. The molecule has 8 nitrogen and oxygen atoms in total. The van der Waals surface area contributed by atoms with E-state index < -0.39 is 17.0 Å². The van der Waals surface area contributed by atoms with E-state index in [1.54, 1.807) is 29.3 Å². The Morgan fingerprint density at radius 2 is 1.81 bits per heavy atom. The molecule has 3 aromatic rings. The number of nitrogens with zero attached hydrogens (tertiary/aromatic N) is 4. The zero-order chi connectivity index (χ0) is 29.2. The van der Waals surface area contributed by atoms with Gasteiger partial charge in [0.1, 0.15) is 11.5 Å². The standard InChI is InChI=1S/C32H33FN4O4S/c33-30-29(24-12-4-3-10-23(24)21-14-15-26(34-19-21)36-17-7-13-27(36)38)35-32(42-30)37-16-6-5-11-22(20-8-1-2-9-20)25(31(37)41)18-28(39)40/h3-6,10,12,14-15,19-20,22,25H,1-2,7-9,11,13,16-18H2,(H,39,40)/b6-5-/t22-,25+/m1/s1. The first-order valence-corrected chi connectivity index (χ1v) is 15.4. The lowest BCUT2D eigenvalue weighted by molar-refractivity contribution is -0.142. The van der Waals surface area contributed by atoms with E-state index in [2.05, 4.69) is 9.97 Å². The number of thiazole rings is 1. The minimum absolute atomic E-state index is 0.0569. The lowest BCUT2D eigenvalue weighted by Crippen LogP contribution is -2.43. The van der Waals surface area contributed by atoms with Gasteiger partial charge in [0.05, 0.1) is 12.3 Å². The zero-order valence-electron chi connectivity index (χ0n) is 23.2. The number of carbonyl (C=O) groups is 3. The van der Waals surface area contributed by atoms with Crippen molar-refractivity contribution in [1.29, 1.82) is 0 Å². The van der Waals surface area contributed by atoms with Crippen LogP contribution < -0.4 is 9.80 Å². The average Bonchev–Trinajstić information content (AvgIpc) is 3.75. The van der Waals surface area contributed by atoms with Gasteiger partial charge in [-0.15, -0.1) is 0 Å². The smallest absolute Gasteiger partial charge is 0.304 e. The molecular formula is C32H33FN4O4S. The van der Waals surface area contributed by atoms with Crippen molar-refractivity contribution < 1.29 is 23.9 Å². The van der Waals surface area contributed by atoms with Crippen LogP contribution in [0, 0.1) is 22.9 Å². The summed E-state index contributed by atoms with van der Waals surface area (Å²) in [6, 6.07) is 11.0. The number of aliphatic carboxylic acids is 1. The SMILES string of the molecule is O=C(O)C[C@@H]1C(=O)N(c2nc(-c3ccccc3-c3ccc(N4CCCC4=O)nc3)c(F)s2)C/C=C\C[C@@H]1C1CCCC1. The maximum atomic E-state index is 15.6. The van der Waals surface area contributed by atoms with Gasteiger partial charge in [-0.05, 0) is 42.4 Å². The fourth-order valence-corrected chi connectivity index (χ4v) is 7.51. The molecule has 2 fully saturated rings. The van der Waals surface area contributed by atoms with Crippen molar-refractivity contribution >= 4 is 40.1 Å². The second-order valence-electron chi connectivity index (χ2n) is 11.3. The van der Waals surface area contributed by atoms with Gasteiger partial charge in [0, 0.05) is 36.8 Å². The number of pyridine rings is 1. The van der Waals surface area contributed by atoms with Crippen LogP contribution in [-0.4, -0.2) is 45.9 Å². The van der Waals surface area contributed by atoms with Crippen molar-refractivity contribution in [2.75, 3.05) is 22.9 Å². The lowest BCUT2D eigenvalue weighted by Gasteiger charge is -2.34. The van der Waals surface area contributed by atoms with Gasteiger partial charge in [-0.1, -0.05) is 73.4 Å². The molecule has 218 valence electrons. The normalized spacial score (nSPS) is 22.4. The van der Waals surface area contributed by atoms with E-state index in [9.17, 15) is 19.5 Å². The highest BCUT2D eigenvalue weighted by Crippen LogP contribution is 2.42. The number of carboxylic acids is 1. The fourth-order valence-electron chi connectivity index (χ4n) is 6.69. The summed E-state index contributed by atoms with van der Waals surface area (Å²) in [6.07, 6.45) is 11.6. The average molecular weight is 589 g/mol. The van der Waals surface area contributed by atoms with Crippen LogP contribution in [0.2, 0.25) is 0 Å². The van der Waals surface area contributed by atoms with Crippen molar-refractivity contribution in [3.05, 3.63) is 59.9 Å². The number of benzene rings is 1. The van der Waals surface area contributed by atoms with Crippen LogP contribution in [-0.2, 0) is 14.4 Å². The van der Waals surface area contributed by atoms with E-state index in [1.165, 1.54) is 4.90 Å². The van der Waals surface area contributed by atoms with Crippen LogP contribution in [0.3, 0.4) is 0 Å². The molecule has 1 aromatic carbocycles. The van der Waals surface area contributed by atoms with Gasteiger partial charge in [0.25, 0.3) is 0 Å². The highest BCUT2D eigenvalue weighted by Gasteiger charge is 2.40. The van der Waals surface area contributed by atoms with Gasteiger partial charge >= 0.3 is 5.97 Å². The topological polar surface area (TPSA) is 104 Å². The monoisotopic (exact) mass is 588 g/mol. The summed E-state index contributed by atoms with van der Waals surface area (Å²) in [5, 5.41) is 9.40. The third kappa shape index (κ3) is 5.60. The highest BCUT2D eigenvalue weighted by atomic mass is 32.1. The number of amides is 2. The van der Waals surface area contributed by atoms with Gasteiger partial charge < -0.3 is 5.11 Å². The molecule has 1 saturated heterocycles. The van der Waals surface area contributed by atoms with Crippen molar-refractivity contribution in [3.8, 4) is 22.4 Å². The number of rotatable bonds is 7. The van der Waals surface area contributed by atoms with Gasteiger partial charge in [0.2, 0.25) is 16.9 Å². The molecule has 1 saturated carbocycles. The maximum absolute atomic E-state index is 15.6. The van der Waals surface area contributed by atoms with Crippen molar-refractivity contribution in [2.24, 2.45) is 17.8 Å². The molecule has 6 rings (SSSR count). The largest absolute Gasteiger partial charge is 0.481 e. The van der Waals surface area contributed by atoms with Gasteiger partial charge in [0.15, 0.2) is 5.13 Å². The molecule has 10 heteroatoms. The second kappa shape index (κ2) is 12.1. The number of hydrogen-bond donors (Lipinski definition) is 1. The molecule has 2 amide bonds. The molecule has 0 bridgehead atoms. The van der Waals surface area contributed by atoms with Gasteiger partial charge in [-0.25, -0.2) is 9.97 Å². The Hall–Kier alpha value is -3.92. The summed E-state index contributed by atoms with van der Waals surface area (Å²) in [6.45, 7) is 0.856. The van der Waals surface area contributed by atoms with E-state index >= 15 is 4.39 Å². The number of aromatic nitrogens is 2. The molecule has 2 aliphatic heterocycles. The van der Waals surface area contributed by atoms with Gasteiger partial charge in [-0.3, -0.25) is 24.2 Å². The molecule has 0 spiro atoms.